The van der Waals surface area contributed by atoms with Gasteiger partial charge >= 0.3 is 0 Å². The molecule has 1 aromatic carbocycles. The van der Waals surface area contributed by atoms with E-state index in [0.29, 0.717) is 0 Å². The van der Waals surface area contributed by atoms with Crippen molar-refractivity contribution in [2.24, 2.45) is 0 Å². The van der Waals surface area contributed by atoms with Gasteiger partial charge in [-0.1, -0.05) is 18.2 Å². The Bertz CT molecular complexity index is 395. The van der Waals surface area contributed by atoms with E-state index in [1.54, 1.807) is 0 Å². The fourth-order valence-electron chi connectivity index (χ4n) is 1.41. The van der Waals surface area contributed by atoms with Crippen LogP contribution in [0.25, 0.3) is 11.1 Å². The lowest BCUT2D eigenvalue weighted by Crippen LogP contribution is -2.04. The van der Waals surface area contributed by atoms with Gasteiger partial charge in [0.1, 0.15) is 0 Å². The molecule has 0 aliphatic rings. The van der Waals surface area contributed by atoms with E-state index in [2.05, 4.69) is 39.3 Å². The Morgan fingerprint density at radius 2 is 2.29 bits per heavy atom. The first-order valence-corrected chi connectivity index (χ1v) is 5.37. The molecule has 0 radical (unpaired) electrons. The van der Waals surface area contributed by atoms with Gasteiger partial charge in [-0.05, 0) is 35.8 Å². The molecule has 2 rings (SSSR count). The molecule has 0 spiro atoms. The molecule has 0 bridgehead atoms. The predicted molar refractivity (Wildman–Crippen MR) is 60.3 cm³/mol. The summed E-state index contributed by atoms with van der Waals surface area (Å²) >= 11 is 1.49. The smallest absolute Gasteiger partial charge is 0.0485 e. The molecule has 0 saturated carbocycles. The van der Waals surface area contributed by atoms with Crippen LogP contribution >= 0.6 is 11.5 Å². The van der Waals surface area contributed by atoms with Crippen LogP contribution in [0.3, 0.4) is 0 Å². The van der Waals surface area contributed by atoms with Crippen LogP contribution < -0.4 is 5.32 Å². The van der Waals surface area contributed by atoms with E-state index in [4.69, 9.17) is 0 Å². The van der Waals surface area contributed by atoms with Crippen molar-refractivity contribution in [3.05, 3.63) is 41.4 Å². The minimum atomic E-state index is 0.908. The summed E-state index contributed by atoms with van der Waals surface area (Å²) in [4.78, 5) is 0. The van der Waals surface area contributed by atoms with Crippen LogP contribution in [0.15, 0.2) is 35.8 Å². The summed E-state index contributed by atoms with van der Waals surface area (Å²) in [5.41, 5.74) is 3.75. The third kappa shape index (κ3) is 2.00. The van der Waals surface area contributed by atoms with Gasteiger partial charge < -0.3 is 5.32 Å². The molecular weight excluding hydrogens is 192 g/mol. The number of nitrogens with zero attached hydrogens (tertiary/aromatic N) is 1. The van der Waals surface area contributed by atoms with Crippen LogP contribution in [0, 0.1) is 0 Å². The summed E-state index contributed by atoms with van der Waals surface area (Å²) in [6.45, 7) is 0.908. The lowest BCUT2D eigenvalue weighted by Gasteiger charge is -2.02. The van der Waals surface area contributed by atoms with Crippen molar-refractivity contribution in [2.75, 3.05) is 7.05 Å². The Labute approximate surface area is 87.8 Å². The number of rotatable bonds is 3. The molecule has 0 fully saturated rings. The van der Waals surface area contributed by atoms with Gasteiger partial charge in [0.15, 0.2) is 0 Å². The second-order valence-electron chi connectivity index (χ2n) is 3.14. The van der Waals surface area contributed by atoms with E-state index in [1.807, 2.05) is 13.2 Å². The molecule has 2 nitrogen and oxygen atoms in total. The molecule has 0 saturated heterocycles. The maximum atomic E-state index is 4.10. The zero-order valence-corrected chi connectivity index (χ0v) is 8.84. The van der Waals surface area contributed by atoms with Crippen molar-refractivity contribution in [3.8, 4) is 11.1 Å². The van der Waals surface area contributed by atoms with Crippen molar-refractivity contribution in [1.82, 2.24) is 9.69 Å². The number of aromatic nitrogens is 1. The highest BCUT2D eigenvalue weighted by Gasteiger charge is 1.99. The van der Waals surface area contributed by atoms with Gasteiger partial charge in [-0.25, -0.2) is 4.37 Å². The molecule has 0 amide bonds. The molecule has 1 aromatic heterocycles. The summed E-state index contributed by atoms with van der Waals surface area (Å²) in [6.07, 6.45) is 1.91. The van der Waals surface area contributed by atoms with Gasteiger partial charge in [0.05, 0.1) is 0 Å². The minimum absolute atomic E-state index is 0.908. The average Bonchev–Trinajstić information content (AvgIpc) is 2.71. The number of hydrogen-bond acceptors (Lipinski definition) is 3. The van der Waals surface area contributed by atoms with Gasteiger partial charge in [0, 0.05) is 23.7 Å². The van der Waals surface area contributed by atoms with Crippen LogP contribution in [0.4, 0.5) is 0 Å². The third-order valence-electron chi connectivity index (χ3n) is 2.07. The molecule has 1 N–H and O–H groups in total. The van der Waals surface area contributed by atoms with Crippen molar-refractivity contribution < 1.29 is 0 Å². The normalized spacial score (nSPS) is 10.4. The number of hydrogen-bond donors (Lipinski definition) is 1. The molecule has 3 heteroatoms. The standard InChI is InChI=1S/C11H12N2S/c1-12-6-9-3-2-4-10(5-9)11-7-13-14-8-11/h2-5,7-8,12H,6H2,1H3. The van der Waals surface area contributed by atoms with E-state index in [1.165, 1.54) is 28.2 Å². The molecule has 0 atom stereocenters. The van der Waals surface area contributed by atoms with E-state index >= 15 is 0 Å². The molecule has 72 valence electrons. The second kappa shape index (κ2) is 4.35. The molecule has 0 unspecified atom stereocenters. The zero-order valence-electron chi connectivity index (χ0n) is 8.03. The minimum Gasteiger partial charge on any atom is -0.316 e. The summed E-state index contributed by atoms with van der Waals surface area (Å²) in [7, 11) is 1.96. The van der Waals surface area contributed by atoms with E-state index in [9.17, 15) is 0 Å². The molecular formula is C11H12N2S. The van der Waals surface area contributed by atoms with Crippen LogP contribution in [0.5, 0.6) is 0 Å². The first kappa shape index (κ1) is 9.37. The van der Waals surface area contributed by atoms with E-state index in [0.717, 1.165) is 6.54 Å². The number of nitrogens with one attached hydrogen (secondary N) is 1. The molecule has 2 aromatic rings. The zero-order chi connectivity index (χ0) is 9.80. The molecule has 14 heavy (non-hydrogen) atoms. The molecule has 0 aliphatic carbocycles. The van der Waals surface area contributed by atoms with Gasteiger partial charge in [-0.3, -0.25) is 0 Å². The molecule has 1 heterocycles. The summed E-state index contributed by atoms with van der Waals surface area (Å²) < 4.78 is 4.10. The van der Waals surface area contributed by atoms with Crippen molar-refractivity contribution >= 4 is 11.5 Å². The topological polar surface area (TPSA) is 24.9 Å². The van der Waals surface area contributed by atoms with Crippen molar-refractivity contribution in [1.29, 1.82) is 0 Å². The lowest BCUT2D eigenvalue weighted by molar-refractivity contribution is 0.818. The highest BCUT2D eigenvalue weighted by atomic mass is 32.1. The van der Waals surface area contributed by atoms with Gasteiger partial charge in [0.2, 0.25) is 0 Å². The van der Waals surface area contributed by atoms with Gasteiger partial charge in [0.25, 0.3) is 0 Å². The average molecular weight is 204 g/mol. The van der Waals surface area contributed by atoms with Crippen LogP contribution in [0.1, 0.15) is 5.56 Å². The SMILES string of the molecule is CNCc1cccc(-c2cnsc2)c1. The Balaban J connectivity index is 2.31. The Hall–Kier alpha value is -1.19. The fourth-order valence-corrected chi connectivity index (χ4v) is 1.96. The first-order chi connectivity index (χ1) is 6.90. The van der Waals surface area contributed by atoms with Crippen LogP contribution in [-0.4, -0.2) is 11.4 Å². The Morgan fingerprint density at radius 3 is 3.00 bits per heavy atom. The largest absolute Gasteiger partial charge is 0.316 e. The predicted octanol–water partition coefficient (Wildman–Crippen LogP) is 2.53. The molecule has 0 aliphatic heterocycles. The highest BCUT2D eigenvalue weighted by Crippen LogP contribution is 2.21. The third-order valence-corrected chi connectivity index (χ3v) is 2.66. The Kier molecular flexibility index (Phi) is 2.91. The fraction of sp³-hybridized carbons (Fsp3) is 0.182. The lowest BCUT2D eigenvalue weighted by atomic mass is 10.1. The summed E-state index contributed by atoms with van der Waals surface area (Å²) in [6, 6.07) is 8.52. The number of benzene rings is 1. The second-order valence-corrected chi connectivity index (χ2v) is 3.80. The van der Waals surface area contributed by atoms with E-state index < -0.39 is 0 Å². The highest BCUT2D eigenvalue weighted by molar-refractivity contribution is 7.03. The summed E-state index contributed by atoms with van der Waals surface area (Å²) in [5, 5.41) is 5.21. The summed E-state index contributed by atoms with van der Waals surface area (Å²) in [5.74, 6) is 0. The maximum absolute atomic E-state index is 4.10. The van der Waals surface area contributed by atoms with Crippen LogP contribution in [-0.2, 0) is 6.54 Å². The van der Waals surface area contributed by atoms with Gasteiger partial charge in [-0.15, -0.1) is 0 Å². The monoisotopic (exact) mass is 204 g/mol. The first-order valence-electron chi connectivity index (χ1n) is 4.53. The van der Waals surface area contributed by atoms with Crippen molar-refractivity contribution in [3.63, 3.8) is 0 Å². The van der Waals surface area contributed by atoms with Crippen molar-refractivity contribution in [2.45, 2.75) is 6.54 Å². The van der Waals surface area contributed by atoms with E-state index in [-0.39, 0.29) is 0 Å². The Morgan fingerprint density at radius 1 is 1.36 bits per heavy atom. The maximum Gasteiger partial charge on any atom is 0.0485 e. The van der Waals surface area contributed by atoms with Crippen LogP contribution in [0.2, 0.25) is 0 Å². The van der Waals surface area contributed by atoms with Gasteiger partial charge in [-0.2, -0.15) is 0 Å². The quantitative estimate of drug-likeness (QED) is 0.831.